The Labute approximate surface area is 143 Å². The average Bonchev–Trinajstić information content (AvgIpc) is 2.56. The van der Waals surface area contributed by atoms with Crippen molar-refractivity contribution in [2.75, 3.05) is 19.7 Å². The molecule has 0 bridgehead atoms. The van der Waals surface area contributed by atoms with E-state index in [9.17, 15) is 9.90 Å². The summed E-state index contributed by atoms with van der Waals surface area (Å²) >= 11 is 0. The van der Waals surface area contributed by atoms with E-state index < -0.39 is 5.97 Å². The molecule has 7 heteroatoms. The number of benzene rings is 1. The van der Waals surface area contributed by atoms with E-state index in [0.29, 0.717) is 55.2 Å². The van der Waals surface area contributed by atoms with Crippen molar-refractivity contribution in [3.8, 4) is 11.5 Å². The molecule has 7 nitrogen and oxygen atoms in total. The quantitative estimate of drug-likeness (QED) is 0.336. The van der Waals surface area contributed by atoms with E-state index in [1.807, 2.05) is 0 Å². The van der Waals surface area contributed by atoms with Crippen LogP contribution in [0.25, 0.3) is 0 Å². The van der Waals surface area contributed by atoms with Crippen molar-refractivity contribution in [2.24, 2.45) is 17.4 Å². The van der Waals surface area contributed by atoms with Gasteiger partial charge in [-0.15, -0.1) is 0 Å². The minimum atomic E-state index is -1.02. The van der Waals surface area contributed by atoms with Crippen LogP contribution < -0.4 is 26.9 Å². The maximum atomic E-state index is 11.5. The summed E-state index contributed by atoms with van der Waals surface area (Å²) in [7, 11) is 0. The third-order valence-corrected chi connectivity index (χ3v) is 3.85. The Balaban J connectivity index is 2.95. The maximum absolute atomic E-state index is 11.5. The van der Waals surface area contributed by atoms with Gasteiger partial charge in [0.25, 0.3) is 0 Å². The van der Waals surface area contributed by atoms with E-state index in [0.717, 1.165) is 25.7 Å². The summed E-state index contributed by atoms with van der Waals surface area (Å²) in [6.45, 7) is 3.45. The van der Waals surface area contributed by atoms with Crippen molar-refractivity contribution in [1.82, 2.24) is 0 Å². The molecule has 0 fully saturated rings. The van der Waals surface area contributed by atoms with Crippen LogP contribution in [0.5, 0.6) is 11.5 Å². The fraction of sp³-hybridized carbons (Fsp3) is 0.588. The van der Waals surface area contributed by atoms with Gasteiger partial charge in [-0.25, -0.2) is 4.79 Å². The van der Waals surface area contributed by atoms with E-state index in [2.05, 4.69) is 0 Å². The molecular formula is C17H29N3O4. The highest BCUT2D eigenvalue weighted by Crippen LogP contribution is 2.37. The summed E-state index contributed by atoms with van der Waals surface area (Å²) in [4.78, 5) is 16.5. The van der Waals surface area contributed by atoms with E-state index in [-0.39, 0.29) is 5.56 Å². The van der Waals surface area contributed by atoms with Gasteiger partial charge < -0.3 is 26.1 Å². The molecule has 0 heterocycles. The number of aromatic carboxylic acids is 1. The van der Waals surface area contributed by atoms with Gasteiger partial charge in [-0.3, -0.25) is 0 Å². The van der Waals surface area contributed by atoms with Crippen molar-refractivity contribution >= 4 is 5.97 Å². The molecule has 0 radical (unpaired) electrons. The Hall–Kier alpha value is -1.83. The lowest BCUT2D eigenvalue weighted by Gasteiger charge is -2.18. The number of carboxylic acids is 1. The third-order valence-electron chi connectivity index (χ3n) is 3.85. The molecule has 1 aromatic rings. The molecule has 1 rings (SSSR count). The van der Waals surface area contributed by atoms with Crippen LogP contribution in [-0.2, 0) is 6.42 Å². The molecule has 0 aliphatic rings. The van der Waals surface area contributed by atoms with Crippen molar-refractivity contribution in [1.29, 1.82) is 0 Å². The highest BCUT2D eigenvalue weighted by atomic mass is 16.6. The van der Waals surface area contributed by atoms with Crippen LogP contribution in [0.2, 0.25) is 0 Å². The predicted molar refractivity (Wildman–Crippen MR) is 93.3 cm³/mol. The van der Waals surface area contributed by atoms with Gasteiger partial charge in [0.1, 0.15) is 0 Å². The van der Waals surface area contributed by atoms with Gasteiger partial charge in [-0.2, -0.15) is 5.90 Å². The Morgan fingerprint density at radius 1 is 1.08 bits per heavy atom. The normalized spacial score (nSPS) is 10.7. The molecule has 24 heavy (non-hydrogen) atoms. The number of hydrogen-bond donors (Lipinski definition) is 4. The zero-order valence-electron chi connectivity index (χ0n) is 14.3. The molecule has 0 spiro atoms. The van der Waals surface area contributed by atoms with Gasteiger partial charge in [-0.05, 0) is 57.3 Å². The van der Waals surface area contributed by atoms with Crippen LogP contribution in [0.3, 0.4) is 0 Å². The maximum Gasteiger partial charge on any atom is 0.336 e. The molecule has 0 atom stereocenters. The second-order valence-electron chi connectivity index (χ2n) is 5.74. The van der Waals surface area contributed by atoms with Crippen molar-refractivity contribution in [3.05, 3.63) is 22.8 Å². The van der Waals surface area contributed by atoms with E-state index in [1.165, 1.54) is 0 Å². The van der Waals surface area contributed by atoms with Gasteiger partial charge in [0.15, 0.2) is 11.5 Å². The first-order chi connectivity index (χ1) is 11.6. The summed E-state index contributed by atoms with van der Waals surface area (Å²) in [5, 5.41) is 9.42. The number of ether oxygens (including phenoxy) is 1. The highest BCUT2D eigenvalue weighted by Gasteiger charge is 2.22. The SMILES string of the molecule is Cc1cc(C(=O)O)c(CCCN)c(ON)c1OCCCCCCN. The molecule has 0 saturated heterocycles. The van der Waals surface area contributed by atoms with Crippen LogP contribution in [0.1, 0.15) is 53.6 Å². The van der Waals surface area contributed by atoms with Crippen LogP contribution >= 0.6 is 0 Å². The minimum absolute atomic E-state index is 0.177. The Morgan fingerprint density at radius 2 is 1.75 bits per heavy atom. The summed E-state index contributed by atoms with van der Waals surface area (Å²) < 4.78 is 5.83. The van der Waals surface area contributed by atoms with E-state index in [1.54, 1.807) is 13.0 Å². The molecule has 0 aliphatic carbocycles. The topological polar surface area (TPSA) is 134 Å². The van der Waals surface area contributed by atoms with Crippen molar-refractivity contribution in [2.45, 2.75) is 45.4 Å². The first kappa shape index (κ1) is 20.2. The molecule has 0 amide bonds. The number of hydrogen-bond acceptors (Lipinski definition) is 6. The number of unbranched alkanes of at least 4 members (excludes halogenated alkanes) is 3. The lowest BCUT2D eigenvalue weighted by atomic mass is 9.98. The van der Waals surface area contributed by atoms with Crippen molar-refractivity contribution < 1.29 is 19.5 Å². The smallest absolute Gasteiger partial charge is 0.336 e. The minimum Gasteiger partial charge on any atom is -0.489 e. The molecule has 0 aromatic heterocycles. The van der Waals surface area contributed by atoms with Gasteiger partial charge >= 0.3 is 5.97 Å². The highest BCUT2D eigenvalue weighted by molar-refractivity contribution is 5.91. The van der Waals surface area contributed by atoms with Crippen LogP contribution in [0.4, 0.5) is 0 Å². The molecule has 0 saturated carbocycles. The lowest BCUT2D eigenvalue weighted by Crippen LogP contribution is -2.14. The largest absolute Gasteiger partial charge is 0.489 e. The summed E-state index contributed by atoms with van der Waals surface area (Å²) in [6.07, 6.45) is 5.10. The van der Waals surface area contributed by atoms with Crippen molar-refractivity contribution in [3.63, 3.8) is 0 Å². The summed E-state index contributed by atoms with van der Waals surface area (Å²) in [6, 6.07) is 1.60. The second-order valence-corrected chi connectivity index (χ2v) is 5.74. The fourth-order valence-electron chi connectivity index (χ4n) is 2.60. The monoisotopic (exact) mass is 339 g/mol. The standard InChI is InChI=1S/C17H29N3O4/c1-12-11-14(17(21)22)13(7-6-9-19)16(24-20)15(12)23-10-5-3-2-4-8-18/h11H,2-10,18-20H2,1H3,(H,21,22). The van der Waals surface area contributed by atoms with E-state index in [4.69, 9.17) is 26.9 Å². The zero-order valence-corrected chi connectivity index (χ0v) is 14.3. The number of aryl methyl sites for hydroxylation is 1. The molecule has 1 aromatic carbocycles. The number of carbonyl (C=O) groups is 1. The first-order valence-corrected chi connectivity index (χ1v) is 8.36. The third kappa shape index (κ3) is 5.67. The second kappa shape index (κ2) is 10.9. The molecule has 7 N–H and O–H groups in total. The summed E-state index contributed by atoms with van der Waals surface area (Å²) in [5.74, 6) is 5.20. The zero-order chi connectivity index (χ0) is 17.9. The average molecular weight is 339 g/mol. The Kier molecular flexibility index (Phi) is 9.14. The molecular weight excluding hydrogens is 310 g/mol. The van der Waals surface area contributed by atoms with Gasteiger partial charge in [0, 0.05) is 5.56 Å². The number of nitrogens with two attached hydrogens (primary N) is 3. The lowest BCUT2D eigenvalue weighted by molar-refractivity contribution is 0.0694. The van der Waals surface area contributed by atoms with Crippen LogP contribution in [0.15, 0.2) is 6.07 Å². The molecule has 136 valence electrons. The van der Waals surface area contributed by atoms with Gasteiger partial charge in [-0.1, -0.05) is 12.8 Å². The van der Waals surface area contributed by atoms with Gasteiger partial charge in [0.2, 0.25) is 0 Å². The van der Waals surface area contributed by atoms with Crippen LogP contribution in [-0.4, -0.2) is 30.8 Å². The number of carboxylic acid groups (broad SMARTS) is 1. The van der Waals surface area contributed by atoms with Gasteiger partial charge in [0.05, 0.1) is 12.2 Å². The Morgan fingerprint density at radius 3 is 2.33 bits per heavy atom. The molecule has 0 aliphatic heterocycles. The fourth-order valence-corrected chi connectivity index (χ4v) is 2.60. The molecule has 0 unspecified atom stereocenters. The predicted octanol–water partition coefficient (Wildman–Crippen LogP) is 1.73. The first-order valence-electron chi connectivity index (χ1n) is 8.36. The van der Waals surface area contributed by atoms with Crippen LogP contribution in [0, 0.1) is 6.92 Å². The summed E-state index contributed by atoms with van der Waals surface area (Å²) in [5.41, 5.74) is 12.4. The number of rotatable bonds is 12. The Bertz CT molecular complexity index is 535. The van der Waals surface area contributed by atoms with E-state index >= 15 is 0 Å².